The Hall–Kier alpha value is -1.35. The molecule has 1 fully saturated rings. The van der Waals surface area contributed by atoms with Crippen LogP contribution in [0.2, 0.25) is 0 Å². The Kier molecular flexibility index (Phi) is 5.18. The maximum absolute atomic E-state index is 12.1. The van der Waals surface area contributed by atoms with Crippen LogP contribution < -0.4 is 10.6 Å². The van der Waals surface area contributed by atoms with Gasteiger partial charge >= 0.3 is 0 Å². The van der Waals surface area contributed by atoms with E-state index in [2.05, 4.69) is 49.6 Å². The maximum atomic E-state index is 12.1. The van der Waals surface area contributed by atoms with Crippen LogP contribution in [-0.4, -0.2) is 24.5 Å². The summed E-state index contributed by atoms with van der Waals surface area (Å²) in [7, 11) is 0. The van der Waals surface area contributed by atoms with Crippen molar-refractivity contribution in [2.75, 3.05) is 6.54 Å². The molecule has 3 heteroatoms. The first-order valence-corrected chi connectivity index (χ1v) is 7.63. The Balaban J connectivity index is 1.82. The fourth-order valence-corrected chi connectivity index (χ4v) is 2.86. The second-order valence-electron chi connectivity index (χ2n) is 6.11. The van der Waals surface area contributed by atoms with Crippen molar-refractivity contribution in [2.45, 2.75) is 58.5 Å². The highest BCUT2D eigenvalue weighted by Gasteiger charge is 2.18. The van der Waals surface area contributed by atoms with E-state index in [0.29, 0.717) is 18.5 Å². The van der Waals surface area contributed by atoms with Gasteiger partial charge in [-0.1, -0.05) is 30.2 Å². The zero-order valence-corrected chi connectivity index (χ0v) is 12.8. The van der Waals surface area contributed by atoms with Gasteiger partial charge in [0.15, 0.2) is 0 Å². The molecule has 0 bridgehead atoms. The van der Waals surface area contributed by atoms with Gasteiger partial charge in [-0.15, -0.1) is 0 Å². The third-order valence-corrected chi connectivity index (χ3v) is 4.11. The molecule has 2 N–H and O–H groups in total. The normalized spacial score (nSPS) is 22.6. The molecule has 110 valence electrons. The molecule has 1 aliphatic rings. The lowest BCUT2D eigenvalue weighted by molar-refractivity contribution is -0.120. The Morgan fingerprint density at radius 1 is 1.35 bits per heavy atom. The molecular weight excluding hydrogens is 248 g/mol. The van der Waals surface area contributed by atoms with E-state index in [9.17, 15) is 4.79 Å². The quantitative estimate of drug-likeness (QED) is 0.885. The van der Waals surface area contributed by atoms with Gasteiger partial charge in [0.05, 0.1) is 6.42 Å². The largest absolute Gasteiger partial charge is 0.354 e. The van der Waals surface area contributed by atoms with Gasteiger partial charge < -0.3 is 10.6 Å². The van der Waals surface area contributed by atoms with E-state index in [1.165, 1.54) is 24.0 Å². The van der Waals surface area contributed by atoms with Crippen molar-refractivity contribution in [1.29, 1.82) is 0 Å². The van der Waals surface area contributed by atoms with Crippen LogP contribution in [0.15, 0.2) is 18.2 Å². The summed E-state index contributed by atoms with van der Waals surface area (Å²) in [6, 6.07) is 7.29. The number of carbonyl (C=O) groups excluding carboxylic acids is 1. The summed E-state index contributed by atoms with van der Waals surface area (Å²) in [5.41, 5.74) is 3.53. The molecule has 1 aliphatic heterocycles. The number of benzene rings is 1. The Labute approximate surface area is 122 Å². The first-order valence-electron chi connectivity index (χ1n) is 7.63. The second kappa shape index (κ2) is 6.89. The van der Waals surface area contributed by atoms with Crippen LogP contribution in [0, 0.1) is 13.8 Å². The van der Waals surface area contributed by atoms with Crippen LogP contribution in [0.5, 0.6) is 0 Å². The number of hydrogen-bond acceptors (Lipinski definition) is 2. The van der Waals surface area contributed by atoms with Crippen molar-refractivity contribution in [2.24, 2.45) is 0 Å². The summed E-state index contributed by atoms with van der Waals surface area (Å²) in [5.74, 6) is 0.124. The molecule has 1 saturated heterocycles. The Bertz CT molecular complexity index is 470. The van der Waals surface area contributed by atoms with Gasteiger partial charge in [0.25, 0.3) is 0 Å². The average molecular weight is 274 g/mol. The first kappa shape index (κ1) is 15.0. The lowest BCUT2D eigenvalue weighted by Crippen LogP contribution is -2.47. The predicted molar refractivity (Wildman–Crippen MR) is 82.9 cm³/mol. The van der Waals surface area contributed by atoms with Crippen molar-refractivity contribution in [1.82, 2.24) is 10.6 Å². The molecule has 1 aromatic rings. The van der Waals surface area contributed by atoms with Crippen LogP contribution in [0.3, 0.4) is 0 Å². The predicted octanol–water partition coefficient (Wildman–Crippen LogP) is 2.49. The Morgan fingerprint density at radius 2 is 2.15 bits per heavy atom. The fraction of sp³-hybridized carbons (Fsp3) is 0.588. The van der Waals surface area contributed by atoms with Crippen LogP contribution in [0.4, 0.5) is 0 Å². The average Bonchev–Trinajstić information content (AvgIpc) is 2.41. The molecule has 0 aliphatic carbocycles. The summed E-state index contributed by atoms with van der Waals surface area (Å²) in [6.07, 6.45) is 4.14. The van der Waals surface area contributed by atoms with Crippen molar-refractivity contribution < 1.29 is 4.79 Å². The summed E-state index contributed by atoms with van der Waals surface area (Å²) >= 11 is 0. The molecular formula is C17H26N2O. The van der Waals surface area contributed by atoms with Crippen molar-refractivity contribution in [3.05, 3.63) is 34.9 Å². The van der Waals surface area contributed by atoms with E-state index in [1.807, 2.05) is 0 Å². The zero-order valence-electron chi connectivity index (χ0n) is 12.8. The molecule has 2 rings (SSSR count). The number of rotatable bonds is 4. The second-order valence-corrected chi connectivity index (χ2v) is 6.11. The number of amides is 1. The van der Waals surface area contributed by atoms with Crippen LogP contribution in [0.25, 0.3) is 0 Å². The minimum absolute atomic E-state index is 0.124. The van der Waals surface area contributed by atoms with E-state index in [4.69, 9.17) is 0 Å². The molecule has 0 spiro atoms. The number of hydrogen-bond donors (Lipinski definition) is 2. The van der Waals surface area contributed by atoms with Gasteiger partial charge in [0, 0.05) is 18.6 Å². The highest BCUT2D eigenvalue weighted by molar-refractivity contribution is 5.79. The molecule has 20 heavy (non-hydrogen) atoms. The van der Waals surface area contributed by atoms with Gasteiger partial charge in [-0.05, 0) is 44.7 Å². The molecule has 0 radical (unpaired) electrons. The van der Waals surface area contributed by atoms with Gasteiger partial charge in [-0.3, -0.25) is 4.79 Å². The Morgan fingerprint density at radius 3 is 2.90 bits per heavy atom. The lowest BCUT2D eigenvalue weighted by Gasteiger charge is -2.28. The molecule has 0 aromatic heterocycles. The van der Waals surface area contributed by atoms with Gasteiger partial charge in [0.1, 0.15) is 0 Å². The SMILES string of the molecule is Cc1ccc(C)c(CC(=O)NCC2CCCC(C)N2)c1. The maximum Gasteiger partial charge on any atom is 0.224 e. The number of aryl methyl sites for hydroxylation is 2. The summed E-state index contributed by atoms with van der Waals surface area (Å²) in [6.45, 7) is 7.08. The molecule has 0 saturated carbocycles. The van der Waals surface area contributed by atoms with E-state index in [1.54, 1.807) is 0 Å². The lowest BCUT2D eigenvalue weighted by atomic mass is 9.99. The smallest absolute Gasteiger partial charge is 0.224 e. The number of piperidine rings is 1. The van der Waals surface area contributed by atoms with E-state index in [0.717, 1.165) is 18.5 Å². The van der Waals surface area contributed by atoms with Crippen molar-refractivity contribution >= 4 is 5.91 Å². The summed E-state index contributed by atoms with van der Waals surface area (Å²) in [4.78, 5) is 12.1. The topological polar surface area (TPSA) is 41.1 Å². The minimum atomic E-state index is 0.124. The van der Waals surface area contributed by atoms with Crippen LogP contribution in [0.1, 0.15) is 42.9 Å². The molecule has 1 aromatic carbocycles. The van der Waals surface area contributed by atoms with E-state index in [-0.39, 0.29) is 5.91 Å². The summed E-state index contributed by atoms with van der Waals surface area (Å²) < 4.78 is 0. The van der Waals surface area contributed by atoms with E-state index < -0.39 is 0 Å². The molecule has 2 atom stereocenters. The molecule has 2 unspecified atom stereocenters. The minimum Gasteiger partial charge on any atom is -0.354 e. The van der Waals surface area contributed by atoms with Crippen molar-refractivity contribution in [3.63, 3.8) is 0 Å². The van der Waals surface area contributed by atoms with Gasteiger partial charge in [-0.25, -0.2) is 0 Å². The van der Waals surface area contributed by atoms with Crippen LogP contribution in [-0.2, 0) is 11.2 Å². The van der Waals surface area contributed by atoms with E-state index >= 15 is 0 Å². The van der Waals surface area contributed by atoms with Gasteiger partial charge in [0.2, 0.25) is 5.91 Å². The third-order valence-electron chi connectivity index (χ3n) is 4.11. The summed E-state index contributed by atoms with van der Waals surface area (Å²) in [5, 5.41) is 6.61. The standard InChI is InChI=1S/C17H26N2O/c1-12-7-8-13(2)15(9-12)10-17(20)18-11-16-6-4-5-14(3)19-16/h7-9,14,16,19H,4-6,10-11H2,1-3H3,(H,18,20). The third kappa shape index (κ3) is 4.34. The molecule has 1 amide bonds. The number of carbonyl (C=O) groups is 1. The fourth-order valence-electron chi connectivity index (χ4n) is 2.86. The number of nitrogens with one attached hydrogen (secondary N) is 2. The zero-order chi connectivity index (χ0) is 14.5. The highest BCUT2D eigenvalue weighted by atomic mass is 16.1. The van der Waals surface area contributed by atoms with Crippen molar-refractivity contribution in [3.8, 4) is 0 Å². The highest BCUT2D eigenvalue weighted by Crippen LogP contribution is 2.13. The first-order chi connectivity index (χ1) is 9.54. The van der Waals surface area contributed by atoms with Crippen LogP contribution >= 0.6 is 0 Å². The van der Waals surface area contributed by atoms with Gasteiger partial charge in [-0.2, -0.15) is 0 Å². The molecule has 3 nitrogen and oxygen atoms in total. The monoisotopic (exact) mass is 274 g/mol. The molecule has 1 heterocycles.